The molecule has 2 aromatic heterocycles. The maximum Gasteiger partial charge on any atom is 0.258 e. The minimum Gasteiger partial charge on any atom is -0.322 e. The van der Waals surface area contributed by atoms with Crippen molar-refractivity contribution in [2.75, 3.05) is 5.32 Å². The number of anilines is 1. The third-order valence-corrected chi connectivity index (χ3v) is 4.81. The minimum atomic E-state index is -0.199. The summed E-state index contributed by atoms with van der Waals surface area (Å²) in [4.78, 5) is 22.1. The second-order valence-electron chi connectivity index (χ2n) is 5.61. The fourth-order valence-corrected chi connectivity index (χ4v) is 3.38. The van der Waals surface area contributed by atoms with Gasteiger partial charge in [0.05, 0.1) is 11.3 Å². The molecule has 6 nitrogen and oxygen atoms in total. The maximum atomic E-state index is 12.7. The Morgan fingerprint density at radius 1 is 0.963 bits per heavy atom. The number of nitrogens with zero attached hydrogens (tertiary/aromatic N) is 4. The Labute approximate surface area is 160 Å². The van der Waals surface area contributed by atoms with E-state index >= 15 is 0 Å². The Kier molecular flexibility index (Phi) is 4.93. The second kappa shape index (κ2) is 7.84. The fourth-order valence-electron chi connectivity index (χ4n) is 2.48. The molecule has 0 spiro atoms. The van der Waals surface area contributed by atoms with Crippen molar-refractivity contribution in [3.05, 3.63) is 91.1 Å². The first kappa shape index (κ1) is 17.0. The Morgan fingerprint density at radius 2 is 1.78 bits per heavy atom. The number of carbonyl (C=O) groups is 1. The highest BCUT2D eigenvalue weighted by Crippen LogP contribution is 2.28. The molecule has 4 aromatic rings. The molecule has 4 rings (SSSR count). The lowest BCUT2D eigenvalue weighted by molar-refractivity contribution is 0.102. The van der Waals surface area contributed by atoms with Crippen LogP contribution in [0.4, 0.5) is 5.69 Å². The highest BCUT2D eigenvalue weighted by molar-refractivity contribution is 7.99. The summed E-state index contributed by atoms with van der Waals surface area (Å²) in [5, 5.41) is 7.67. The zero-order valence-corrected chi connectivity index (χ0v) is 15.0. The first-order chi connectivity index (χ1) is 13.3. The number of hydrogen-bond donors (Lipinski definition) is 1. The van der Waals surface area contributed by atoms with Gasteiger partial charge in [-0.3, -0.25) is 4.79 Å². The predicted octanol–water partition coefficient (Wildman–Crippen LogP) is 4.07. The van der Waals surface area contributed by atoms with Crippen molar-refractivity contribution in [2.24, 2.45) is 0 Å². The molecule has 0 radical (unpaired) electrons. The number of pyridine rings is 1. The Hall–Kier alpha value is -3.45. The van der Waals surface area contributed by atoms with E-state index in [1.807, 2.05) is 54.6 Å². The molecule has 2 heterocycles. The van der Waals surface area contributed by atoms with E-state index in [1.165, 1.54) is 18.1 Å². The molecule has 0 unspecified atom stereocenters. The molecule has 0 fully saturated rings. The summed E-state index contributed by atoms with van der Waals surface area (Å²) in [5.41, 5.74) is 2.10. The summed E-state index contributed by atoms with van der Waals surface area (Å²) in [6, 6.07) is 20.8. The third kappa shape index (κ3) is 4.04. The number of nitrogens with one attached hydrogen (secondary N) is 1. The van der Waals surface area contributed by atoms with Crippen LogP contribution in [0, 0.1) is 0 Å². The van der Waals surface area contributed by atoms with E-state index in [9.17, 15) is 4.79 Å². The maximum absolute atomic E-state index is 12.7. The lowest BCUT2D eigenvalue weighted by Gasteiger charge is -2.09. The average molecular weight is 373 g/mol. The molecule has 0 saturated carbocycles. The van der Waals surface area contributed by atoms with Gasteiger partial charge < -0.3 is 5.32 Å². The highest BCUT2D eigenvalue weighted by Gasteiger charge is 2.13. The first-order valence-electron chi connectivity index (χ1n) is 8.24. The van der Waals surface area contributed by atoms with Gasteiger partial charge in [0.1, 0.15) is 17.7 Å². The van der Waals surface area contributed by atoms with Crippen LogP contribution in [0.3, 0.4) is 0 Å². The van der Waals surface area contributed by atoms with Crippen molar-refractivity contribution >= 4 is 23.4 Å². The van der Waals surface area contributed by atoms with Gasteiger partial charge in [-0.2, -0.15) is 5.10 Å². The zero-order chi connectivity index (χ0) is 18.5. The van der Waals surface area contributed by atoms with E-state index in [-0.39, 0.29) is 5.91 Å². The lowest BCUT2D eigenvalue weighted by atomic mass is 10.2. The molecule has 1 amide bonds. The van der Waals surface area contributed by atoms with E-state index in [0.717, 1.165) is 10.6 Å². The van der Waals surface area contributed by atoms with Crippen molar-refractivity contribution < 1.29 is 4.79 Å². The van der Waals surface area contributed by atoms with Gasteiger partial charge in [-0.15, -0.1) is 0 Å². The quantitative estimate of drug-likeness (QED) is 0.571. The molecule has 1 N–H and O–H groups in total. The Balaban J connectivity index is 1.52. The van der Waals surface area contributed by atoms with E-state index in [1.54, 1.807) is 29.3 Å². The van der Waals surface area contributed by atoms with Crippen LogP contribution in [-0.4, -0.2) is 25.7 Å². The van der Waals surface area contributed by atoms with Gasteiger partial charge in [0.25, 0.3) is 5.91 Å². The zero-order valence-electron chi connectivity index (χ0n) is 14.2. The van der Waals surface area contributed by atoms with Gasteiger partial charge in [-0.05, 0) is 48.5 Å². The van der Waals surface area contributed by atoms with Crippen LogP contribution < -0.4 is 5.32 Å². The summed E-state index contributed by atoms with van der Waals surface area (Å²) in [7, 11) is 0. The fraction of sp³-hybridized carbons (Fsp3) is 0. The van der Waals surface area contributed by atoms with Crippen molar-refractivity contribution in [2.45, 2.75) is 9.92 Å². The van der Waals surface area contributed by atoms with Crippen LogP contribution in [0.25, 0.3) is 5.69 Å². The summed E-state index contributed by atoms with van der Waals surface area (Å²) in [5.74, 6) is -0.199. The molecular weight excluding hydrogens is 358 g/mol. The Morgan fingerprint density at radius 3 is 2.52 bits per heavy atom. The molecule has 0 aliphatic rings. The number of benzene rings is 2. The van der Waals surface area contributed by atoms with Crippen molar-refractivity contribution in [3.8, 4) is 5.69 Å². The number of amides is 1. The lowest BCUT2D eigenvalue weighted by Crippen LogP contribution is -2.13. The average Bonchev–Trinajstić information content (AvgIpc) is 3.25. The topological polar surface area (TPSA) is 72.7 Å². The largest absolute Gasteiger partial charge is 0.322 e. The molecule has 0 bridgehead atoms. The molecule has 7 heteroatoms. The monoisotopic (exact) mass is 373 g/mol. The van der Waals surface area contributed by atoms with Crippen LogP contribution in [0.2, 0.25) is 0 Å². The standard InChI is InChI=1S/C20H15N5OS/c26-19(24-15-8-10-16(11-9-15)25-14-21-13-23-25)18-7-4-12-22-20(18)27-17-5-2-1-3-6-17/h1-14H,(H,24,26). The summed E-state index contributed by atoms with van der Waals surface area (Å²) in [6.07, 6.45) is 4.79. The molecule has 2 aromatic carbocycles. The van der Waals surface area contributed by atoms with Crippen LogP contribution in [0.5, 0.6) is 0 Å². The van der Waals surface area contributed by atoms with Crippen LogP contribution >= 0.6 is 11.8 Å². The van der Waals surface area contributed by atoms with Gasteiger partial charge in [0.15, 0.2) is 0 Å². The van der Waals surface area contributed by atoms with Crippen molar-refractivity contribution in [1.29, 1.82) is 0 Å². The van der Waals surface area contributed by atoms with Crippen molar-refractivity contribution in [1.82, 2.24) is 19.7 Å². The molecule has 0 aliphatic carbocycles. The highest BCUT2D eigenvalue weighted by atomic mass is 32.2. The van der Waals surface area contributed by atoms with Gasteiger partial charge in [0.2, 0.25) is 0 Å². The smallest absolute Gasteiger partial charge is 0.258 e. The van der Waals surface area contributed by atoms with E-state index in [4.69, 9.17) is 0 Å². The van der Waals surface area contributed by atoms with Crippen LogP contribution in [0.15, 0.2) is 95.5 Å². The molecule has 0 aliphatic heterocycles. The molecule has 132 valence electrons. The molecule has 0 saturated heterocycles. The molecule has 0 atom stereocenters. The first-order valence-corrected chi connectivity index (χ1v) is 9.05. The molecule has 27 heavy (non-hydrogen) atoms. The van der Waals surface area contributed by atoms with E-state index < -0.39 is 0 Å². The van der Waals surface area contributed by atoms with Crippen LogP contribution in [0.1, 0.15) is 10.4 Å². The third-order valence-electron chi connectivity index (χ3n) is 3.78. The summed E-state index contributed by atoms with van der Waals surface area (Å²) < 4.78 is 1.65. The van der Waals surface area contributed by atoms with Gasteiger partial charge in [0, 0.05) is 16.8 Å². The predicted molar refractivity (Wildman–Crippen MR) is 104 cm³/mol. The Bertz CT molecular complexity index is 1030. The van der Waals surface area contributed by atoms with Gasteiger partial charge >= 0.3 is 0 Å². The summed E-state index contributed by atoms with van der Waals surface area (Å²) >= 11 is 1.46. The van der Waals surface area contributed by atoms with E-state index in [2.05, 4.69) is 20.4 Å². The summed E-state index contributed by atoms with van der Waals surface area (Å²) in [6.45, 7) is 0. The number of aromatic nitrogens is 4. The number of carbonyl (C=O) groups excluding carboxylic acids is 1. The van der Waals surface area contributed by atoms with E-state index in [0.29, 0.717) is 16.3 Å². The number of rotatable bonds is 5. The van der Waals surface area contributed by atoms with Gasteiger partial charge in [-0.25, -0.2) is 14.6 Å². The normalized spacial score (nSPS) is 10.5. The SMILES string of the molecule is O=C(Nc1ccc(-n2cncn2)cc1)c1cccnc1Sc1ccccc1. The molecular formula is C20H15N5OS. The second-order valence-corrected chi connectivity index (χ2v) is 6.67. The van der Waals surface area contributed by atoms with Crippen LogP contribution in [-0.2, 0) is 0 Å². The van der Waals surface area contributed by atoms with Crippen molar-refractivity contribution in [3.63, 3.8) is 0 Å². The number of hydrogen-bond acceptors (Lipinski definition) is 5. The van der Waals surface area contributed by atoms with Gasteiger partial charge in [-0.1, -0.05) is 30.0 Å². The minimum absolute atomic E-state index is 0.199.